The number of nitrogens with one attached hydrogen (secondary N) is 1. The molecule has 0 aliphatic carbocycles. The summed E-state index contributed by atoms with van der Waals surface area (Å²) in [7, 11) is 1.70. The number of methoxy groups -OCH3 is 1. The van der Waals surface area contributed by atoms with Gasteiger partial charge in [0.15, 0.2) is 0 Å². The van der Waals surface area contributed by atoms with Crippen LogP contribution in [0.2, 0.25) is 5.15 Å². The monoisotopic (exact) mass is 214 g/mol. The summed E-state index contributed by atoms with van der Waals surface area (Å²) in [5.41, 5.74) is 0.994. The van der Waals surface area contributed by atoms with Gasteiger partial charge < -0.3 is 10.1 Å². The SMILES string of the molecule is COCCC(C)Nc1ccnc(Cl)c1. The number of rotatable bonds is 5. The summed E-state index contributed by atoms with van der Waals surface area (Å²) in [4.78, 5) is 3.91. The highest BCUT2D eigenvalue weighted by molar-refractivity contribution is 6.29. The van der Waals surface area contributed by atoms with Crippen LogP contribution in [-0.4, -0.2) is 24.7 Å². The Labute approximate surface area is 89.4 Å². The van der Waals surface area contributed by atoms with Crippen molar-refractivity contribution in [2.45, 2.75) is 19.4 Å². The van der Waals surface area contributed by atoms with Crippen LogP contribution in [0.15, 0.2) is 18.3 Å². The van der Waals surface area contributed by atoms with Crippen LogP contribution in [0.3, 0.4) is 0 Å². The Morgan fingerprint density at radius 3 is 3.07 bits per heavy atom. The number of aromatic nitrogens is 1. The van der Waals surface area contributed by atoms with Crippen molar-refractivity contribution in [3.05, 3.63) is 23.5 Å². The molecular weight excluding hydrogens is 200 g/mol. The van der Waals surface area contributed by atoms with Gasteiger partial charge in [-0.2, -0.15) is 0 Å². The first kappa shape index (κ1) is 11.3. The molecule has 0 aliphatic heterocycles. The van der Waals surface area contributed by atoms with Gasteiger partial charge in [0, 0.05) is 31.6 Å². The van der Waals surface area contributed by atoms with Gasteiger partial charge in [-0.15, -0.1) is 0 Å². The van der Waals surface area contributed by atoms with Gasteiger partial charge in [0.25, 0.3) is 0 Å². The van der Waals surface area contributed by atoms with Gasteiger partial charge in [0.05, 0.1) is 0 Å². The number of hydrogen-bond acceptors (Lipinski definition) is 3. The first-order valence-corrected chi connectivity index (χ1v) is 4.97. The highest BCUT2D eigenvalue weighted by Gasteiger charge is 2.01. The summed E-state index contributed by atoms with van der Waals surface area (Å²) in [6.07, 6.45) is 2.66. The molecule has 0 fully saturated rings. The van der Waals surface area contributed by atoms with Gasteiger partial charge in [-0.25, -0.2) is 4.98 Å². The zero-order chi connectivity index (χ0) is 10.4. The third-order valence-electron chi connectivity index (χ3n) is 1.89. The van der Waals surface area contributed by atoms with E-state index in [2.05, 4.69) is 17.2 Å². The smallest absolute Gasteiger partial charge is 0.131 e. The molecule has 0 radical (unpaired) electrons. The lowest BCUT2D eigenvalue weighted by atomic mass is 10.2. The molecule has 1 unspecified atom stereocenters. The standard InChI is InChI=1S/C10H15ClN2O/c1-8(4-6-14-2)13-9-3-5-12-10(11)7-9/h3,5,7-8H,4,6H2,1-2H3,(H,12,13). The molecule has 14 heavy (non-hydrogen) atoms. The summed E-state index contributed by atoms with van der Waals surface area (Å²) < 4.78 is 5.00. The highest BCUT2D eigenvalue weighted by atomic mass is 35.5. The van der Waals surface area contributed by atoms with Gasteiger partial charge >= 0.3 is 0 Å². The molecule has 0 amide bonds. The molecule has 1 aromatic rings. The van der Waals surface area contributed by atoms with Crippen LogP contribution in [0, 0.1) is 0 Å². The summed E-state index contributed by atoms with van der Waals surface area (Å²) in [5, 5.41) is 3.82. The summed E-state index contributed by atoms with van der Waals surface area (Å²) in [6, 6.07) is 4.08. The van der Waals surface area contributed by atoms with Gasteiger partial charge in [-0.3, -0.25) is 0 Å². The normalized spacial score (nSPS) is 12.5. The molecule has 4 heteroatoms. The van der Waals surface area contributed by atoms with Gasteiger partial charge in [0.1, 0.15) is 5.15 Å². The second kappa shape index (κ2) is 5.83. The maximum absolute atomic E-state index is 5.76. The minimum Gasteiger partial charge on any atom is -0.385 e. The van der Waals surface area contributed by atoms with Crippen LogP contribution in [0.1, 0.15) is 13.3 Å². The molecule has 0 bridgehead atoms. The zero-order valence-electron chi connectivity index (χ0n) is 8.46. The van der Waals surface area contributed by atoms with Crippen molar-refractivity contribution in [2.24, 2.45) is 0 Å². The van der Waals surface area contributed by atoms with Crippen LogP contribution >= 0.6 is 11.6 Å². The molecule has 0 spiro atoms. The lowest BCUT2D eigenvalue weighted by molar-refractivity contribution is 0.191. The van der Waals surface area contributed by atoms with E-state index in [4.69, 9.17) is 16.3 Å². The predicted molar refractivity (Wildman–Crippen MR) is 58.8 cm³/mol. The molecule has 0 aromatic carbocycles. The van der Waals surface area contributed by atoms with Crippen molar-refractivity contribution in [3.8, 4) is 0 Å². The number of halogens is 1. The van der Waals surface area contributed by atoms with Crippen LogP contribution in [0.25, 0.3) is 0 Å². The number of nitrogens with zero attached hydrogens (tertiary/aromatic N) is 1. The Hall–Kier alpha value is -0.800. The maximum atomic E-state index is 5.76. The van der Waals surface area contributed by atoms with E-state index in [0.29, 0.717) is 11.2 Å². The van der Waals surface area contributed by atoms with E-state index in [-0.39, 0.29) is 0 Å². The van der Waals surface area contributed by atoms with Crippen LogP contribution in [0.5, 0.6) is 0 Å². The zero-order valence-corrected chi connectivity index (χ0v) is 9.21. The third kappa shape index (κ3) is 3.94. The van der Waals surface area contributed by atoms with Crippen molar-refractivity contribution in [2.75, 3.05) is 19.0 Å². The number of anilines is 1. The Morgan fingerprint density at radius 2 is 2.43 bits per heavy atom. The van der Waals surface area contributed by atoms with Crippen LogP contribution < -0.4 is 5.32 Å². The Balaban J connectivity index is 2.43. The molecule has 1 N–H and O–H groups in total. The summed E-state index contributed by atoms with van der Waals surface area (Å²) in [6.45, 7) is 2.86. The van der Waals surface area contributed by atoms with Crippen molar-refractivity contribution < 1.29 is 4.74 Å². The van der Waals surface area contributed by atoms with E-state index in [1.54, 1.807) is 13.3 Å². The second-order valence-corrected chi connectivity index (χ2v) is 3.58. The molecular formula is C10H15ClN2O. The van der Waals surface area contributed by atoms with Gasteiger partial charge in [0.2, 0.25) is 0 Å². The average molecular weight is 215 g/mol. The Bertz CT molecular complexity index is 281. The lowest BCUT2D eigenvalue weighted by Crippen LogP contribution is -2.17. The molecule has 78 valence electrons. The van der Waals surface area contributed by atoms with E-state index in [1.165, 1.54) is 0 Å². The lowest BCUT2D eigenvalue weighted by Gasteiger charge is -2.14. The fraction of sp³-hybridized carbons (Fsp3) is 0.500. The Kier molecular flexibility index (Phi) is 4.70. The van der Waals surface area contributed by atoms with E-state index in [9.17, 15) is 0 Å². The summed E-state index contributed by atoms with van der Waals surface area (Å²) >= 11 is 5.76. The fourth-order valence-electron chi connectivity index (χ4n) is 1.14. The third-order valence-corrected chi connectivity index (χ3v) is 2.10. The molecule has 1 atom stereocenters. The molecule has 0 saturated carbocycles. The van der Waals surface area contributed by atoms with E-state index in [1.807, 2.05) is 12.1 Å². The number of hydrogen-bond donors (Lipinski definition) is 1. The maximum Gasteiger partial charge on any atom is 0.131 e. The highest BCUT2D eigenvalue weighted by Crippen LogP contribution is 2.13. The van der Waals surface area contributed by atoms with Crippen molar-refractivity contribution in [1.29, 1.82) is 0 Å². The number of ether oxygens (including phenoxy) is 1. The Morgan fingerprint density at radius 1 is 1.64 bits per heavy atom. The van der Waals surface area contributed by atoms with Crippen molar-refractivity contribution in [1.82, 2.24) is 4.98 Å². The van der Waals surface area contributed by atoms with Crippen molar-refractivity contribution in [3.63, 3.8) is 0 Å². The first-order chi connectivity index (χ1) is 6.72. The quantitative estimate of drug-likeness (QED) is 0.765. The number of pyridine rings is 1. The predicted octanol–water partition coefficient (Wildman–Crippen LogP) is 2.57. The van der Waals surface area contributed by atoms with Crippen molar-refractivity contribution >= 4 is 17.3 Å². The van der Waals surface area contributed by atoms with E-state index in [0.717, 1.165) is 18.7 Å². The minimum absolute atomic E-state index is 0.369. The largest absolute Gasteiger partial charge is 0.385 e. The summed E-state index contributed by atoms with van der Waals surface area (Å²) in [5.74, 6) is 0. The van der Waals surface area contributed by atoms with Crippen LogP contribution in [0.4, 0.5) is 5.69 Å². The second-order valence-electron chi connectivity index (χ2n) is 3.19. The topological polar surface area (TPSA) is 34.1 Å². The van der Waals surface area contributed by atoms with Gasteiger partial charge in [-0.05, 0) is 25.5 Å². The van der Waals surface area contributed by atoms with Gasteiger partial charge in [-0.1, -0.05) is 11.6 Å². The average Bonchev–Trinajstić information content (AvgIpc) is 2.15. The molecule has 0 saturated heterocycles. The molecule has 3 nitrogen and oxygen atoms in total. The minimum atomic E-state index is 0.369. The van der Waals surface area contributed by atoms with E-state index < -0.39 is 0 Å². The molecule has 1 rings (SSSR count). The van der Waals surface area contributed by atoms with E-state index >= 15 is 0 Å². The fourth-order valence-corrected chi connectivity index (χ4v) is 1.32. The molecule has 1 heterocycles. The molecule has 1 aromatic heterocycles. The van der Waals surface area contributed by atoms with Crippen LogP contribution in [-0.2, 0) is 4.74 Å². The molecule has 0 aliphatic rings. The first-order valence-electron chi connectivity index (χ1n) is 4.59.